The zero-order chi connectivity index (χ0) is 14.7. The highest BCUT2D eigenvalue weighted by Gasteiger charge is 2.09. The van der Waals surface area contributed by atoms with Crippen molar-refractivity contribution < 1.29 is 4.79 Å². The summed E-state index contributed by atoms with van der Waals surface area (Å²) in [5.74, 6) is 0.434. The Labute approximate surface area is 129 Å². The Kier molecular flexibility index (Phi) is 3.74. The normalized spacial score (nSPS) is 10.3. The Hall–Kier alpha value is -2.54. The van der Waals surface area contributed by atoms with Crippen LogP contribution in [-0.2, 0) is 0 Å². The van der Waals surface area contributed by atoms with Gasteiger partial charge in [0.15, 0.2) is 5.82 Å². The molecule has 0 atom stereocenters. The summed E-state index contributed by atoms with van der Waals surface area (Å²) in [7, 11) is 0. The molecule has 1 N–H and O–H groups in total. The lowest BCUT2D eigenvalue weighted by Gasteiger charge is -2.07. The van der Waals surface area contributed by atoms with Crippen molar-refractivity contribution in [1.82, 2.24) is 19.7 Å². The Morgan fingerprint density at radius 2 is 2.05 bits per heavy atom. The second kappa shape index (κ2) is 5.84. The fourth-order valence-corrected chi connectivity index (χ4v) is 2.23. The van der Waals surface area contributed by atoms with Crippen LogP contribution in [0.4, 0.5) is 5.69 Å². The van der Waals surface area contributed by atoms with Gasteiger partial charge < -0.3 is 5.32 Å². The van der Waals surface area contributed by atoms with E-state index in [-0.39, 0.29) is 5.91 Å². The number of halogens is 1. The third-order valence-electron chi connectivity index (χ3n) is 2.78. The number of hydrogen-bond donors (Lipinski definition) is 1. The molecule has 0 saturated carbocycles. The van der Waals surface area contributed by atoms with Crippen LogP contribution in [0.1, 0.15) is 10.4 Å². The summed E-state index contributed by atoms with van der Waals surface area (Å²) in [4.78, 5) is 20.2. The molecule has 2 aromatic heterocycles. The molecule has 2 heterocycles. The lowest BCUT2D eigenvalue weighted by atomic mass is 10.2. The molecule has 7 heteroatoms. The molecule has 1 aromatic carbocycles. The number of aromatic nitrogens is 4. The molecule has 0 unspecified atom stereocenters. The molecule has 21 heavy (non-hydrogen) atoms. The maximum absolute atomic E-state index is 12.2. The summed E-state index contributed by atoms with van der Waals surface area (Å²) < 4.78 is 2.29. The third kappa shape index (κ3) is 2.97. The lowest BCUT2D eigenvalue weighted by Crippen LogP contribution is -2.12. The van der Waals surface area contributed by atoms with Crippen molar-refractivity contribution in [3.8, 4) is 5.82 Å². The van der Waals surface area contributed by atoms with Gasteiger partial charge in [0.05, 0.1) is 17.4 Å². The van der Waals surface area contributed by atoms with E-state index in [0.717, 1.165) is 4.47 Å². The van der Waals surface area contributed by atoms with Crippen molar-refractivity contribution in [1.29, 1.82) is 0 Å². The number of amides is 1. The quantitative estimate of drug-likeness (QED) is 0.793. The monoisotopic (exact) mass is 343 g/mol. The summed E-state index contributed by atoms with van der Waals surface area (Å²) in [6.45, 7) is 0. The Balaban J connectivity index is 1.77. The van der Waals surface area contributed by atoms with Crippen LogP contribution in [0.3, 0.4) is 0 Å². The predicted octanol–water partition coefficient (Wildman–Crippen LogP) is 2.68. The van der Waals surface area contributed by atoms with Gasteiger partial charge in [-0.3, -0.25) is 4.79 Å². The largest absolute Gasteiger partial charge is 0.321 e. The van der Waals surface area contributed by atoms with Gasteiger partial charge in [0.2, 0.25) is 0 Å². The number of nitrogens with one attached hydrogen (secondary N) is 1. The van der Waals surface area contributed by atoms with E-state index in [1.165, 1.54) is 6.33 Å². The van der Waals surface area contributed by atoms with E-state index in [2.05, 4.69) is 36.3 Å². The highest BCUT2D eigenvalue weighted by atomic mass is 79.9. The number of carbonyl (C=O) groups is 1. The van der Waals surface area contributed by atoms with E-state index in [9.17, 15) is 4.79 Å². The minimum absolute atomic E-state index is 0.196. The second-order valence-electron chi connectivity index (χ2n) is 4.18. The number of rotatable bonds is 3. The molecule has 1 amide bonds. The van der Waals surface area contributed by atoms with Crippen molar-refractivity contribution in [2.45, 2.75) is 0 Å². The predicted molar refractivity (Wildman–Crippen MR) is 81.2 cm³/mol. The number of anilines is 1. The van der Waals surface area contributed by atoms with Crippen LogP contribution in [0, 0.1) is 0 Å². The molecule has 0 aliphatic carbocycles. The maximum atomic E-state index is 12.2. The van der Waals surface area contributed by atoms with Crippen LogP contribution in [0.25, 0.3) is 5.82 Å². The fourth-order valence-electron chi connectivity index (χ4n) is 1.77. The van der Waals surface area contributed by atoms with Crippen molar-refractivity contribution in [2.24, 2.45) is 0 Å². The third-order valence-corrected chi connectivity index (χ3v) is 3.47. The number of carbonyl (C=O) groups excluding carboxylic acids is 1. The number of hydrogen-bond acceptors (Lipinski definition) is 4. The number of nitrogens with zero attached hydrogens (tertiary/aromatic N) is 4. The van der Waals surface area contributed by atoms with Gasteiger partial charge in [0, 0.05) is 4.47 Å². The summed E-state index contributed by atoms with van der Waals surface area (Å²) in [6.07, 6.45) is 4.57. The van der Waals surface area contributed by atoms with E-state index < -0.39 is 0 Å². The summed E-state index contributed by atoms with van der Waals surface area (Å²) in [5, 5.41) is 6.78. The van der Waals surface area contributed by atoms with Gasteiger partial charge in [-0.05, 0) is 40.2 Å². The summed E-state index contributed by atoms with van der Waals surface area (Å²) in [6, 6.07) is 10.8. The Morgan fingerprint density at radius 3 is 2.71 bits per heavy atom. The fraction of sp³-hybridized carbons (Fsp3) is 0. The highest BCUT2D eigenvalue weighted by molar-refractivity contribution is 9.10. The first-order valence-electron chi connectivity index (χ1n) is 6.11. The molecule has 0 fully saturated rings. The minimum atomic E-state index is -0.196. The van der Waals surface area contributed by atoms with Crippen LogP contribution in [-0.4, -0.2) is 25.7 Å². The van der Waals surface area contributed by atoms with Crippen LogP contribution < -0.4 is 5.32 Å². The molecule has 0 bridgehead atoms. The van der Waals surface area contributed by atoms with Crippen LogP contribution in [0.2, 0.25) is 0 Å². The van der Waals surface area contributed by atoms with Crippen molar-refractivity contribution >= 4 is 27.5 Å². The maximum Gasteiger partial charge on any atom is 0.256 e. The van der Waals surface area contributed by atoms with Crippen molar-refractivity contribution in [3.05, 3.63) is 65.3 Å². The number of benzene rings is 1. The second-order valence-corrected chi connectivity index (χ2v) is 5.03. The molecule has 6 nitrogen and oxygen atoms in total. The molecule has 104 valence electrons. The van der Waals surface area contributed by atoms with Gasteiger partial charge in [-0.25, -0.2) is 14.6 Å². The first-order valence-corrected chi connectivity index (χ1v) is 6.90. The van der Waals surface area contributed by atoms with Gasteiger partial charge in [0.1, 0.15) is 12.7 Å². The van der Waals surface area contributed by atoms with E-state index in [1.54, 1.807) is 35.4 Å². The molecule has 0 spiro atoms. The van der Waals surface area contributed by atoms with Crippen molar-refractivity contribution in [2.75, 3.05) is 5.32 Å². The summed E-state index contributed by atoms with van der Waals surface area (Å²) >= 11 is 3.35. The number of pyridine rings is 1. The first kappa shape index (κ1) is 13.4. The van der Waals surface area contributed by atoms with Gasteiger partial charge >= 0.3 is 0 Å². The lowest BCUT2D eigenvalue weighted by molar-refractivity contribution is 0.102. The van der Waals surface area contributed by atoms with E-state index in [0.29, 0.717) is 17.1 Å². The molecule has 3 rings (SSSR count). The molecular formula is C14H10BrN5O. The van der Waals surface area contributed by atoms with Crippen LogP contribution in [0.5, 0.6) is 0 Å². The Bertz CT molecular complexity index is 755. The Morgan fingerprint density at radius 1 is 1.19 bits per heavy atom. The van der Waals surface area contributed by atoms with Crippen LogP contribution >= 0.6 is 15.9 Å². The zero-order valence-corrected chi connectivity index (χ0v) is 12.4. The van der Waals surface area contributed by atoms with E-state index >= 15 is 0 Å². The standard InChI is InChI=1S/C14H10BrN5O/c15-12-4-2-1-3-11(12)14(21)19-10-5-6-13(17-7-10)20-9-16-8-18-20/h1-9H,(H,19,21). The minimum Gasteiger partial charge on any atom is -0.321 e. The molecule has 0 radical (unpaired) electrons. The van der Waals surface area contributed by atoms with Gasteiger partial charge in [-0.1, -0.05) is 12.1 Å². The molecule has 0 aliphatic heterocycles. The summed E-state index contributed by atoms with van der Waals surface area (Å²) in [5.41, 5.74) is 1.18. The van der Waals surface area contributed by atoms with E-state index in [1.807, 2.05) is 18.2 Å². The van der Waals surface area contributed by atoms with Crippen molar-refractivity contribution in [3.63, 3.8) is 0 Å². The molecule has 3 aromatic rings. The first-order chi connectivity index (χ1) is 10.2. The zero-order valence-electron chi connectivity index (χ0n) is 10.8. The average molecular weight is 344 g/mol. The topological polar surface area (TPSA) is 72.7 Å². The molecule has 0 aliphatic rings. The molecular weight excluding hydrogens is 334 g/mol. The van der Waals surface area contributed by atoms with Gasteiger partial charge in [-0.15, -0.1) is 0 Å². The SMILES string of the molecule is O=C(Nc1ccc(-n2cncn2)nc1)c1ccccc1Br. The van der Waals surface area contributed by atoms with E-state index in [4.69, 9.17) is 0 Å². The smallest absolute Gasteiger partial charge is 0.256 e. The van der Waals surface area contributed by atoms with Crippen LogP contribution in [0.15, 0.2) is 59.7 Å². The van der Waals surface area contributed by atoms with Gasteiger partial charge in [-0.2, -0.15) is 5.10 Å². The average Bonchev–Trinajstić information content (AvgIpc) is 3.02. The van der Waals surface area contributed by atoms with Gasteiger partial charge in [0.25, 0.3) is 5.91 Å². The highest BCUT2D eigenvalue weighted by Crippen LogP contribution is 2.17. The molecule has 0 saturated heterocycles.